The van der Waals surface area contributed by atoms with Crippen LogP contribution in [0.5, 0.6) is 0 Å². The van der Waals surface area contributed by atoms with Gasteiger partial charge in [-0.2, -0.15) is 9.82 Å². The molecule has 2 aliphatic heterocycles. The van der Waals surface area contributed by atoms with Crippen molar-refractivity contribution in [1.82, 2.24) is 19.4 Å². The molecule has 1 aromatic carbocycles. The maximum absolute atomic E-state index is 12.5. The third kappa shape index (κ3) is 3.08. The molecular formula is C17H21N5O3S. The lowest BCUT2D eigenvalue weighted by Gasteiger charge is -2.38. The molecule has 138 valence electrons. The summed E-state index contributed by atoms with van der Waals surface area (Å²) in [6, 6.07) is 8.61. The molecule has 0 aliphatic carbocycles. The van der Waals surface area contributed by atoms with Gasteiger partial charge in [0, 0.05) is 26.3 Å². The molecule has 0 saturated carbocycles. The number of piperidine rings is 1. The van der Waals surface area contributed by atoms with Gasteiger partial charge in [-0.25, -0.2) is 8.42 Å². The van der Waals surface area contributed by atoms with Crippen LogP contribution in [0.1, 0.15) is 23.3 Å². The minimum Gasteiger partial charge on any atom is -0.368 e. The number of sulfonamides is 1. The number of rotatable bonds is 2. The highest BCUT2D eigenvalue weighted by Gasteiger charge is 2.36. The van der Waals surface area contributed by atoms with Gasteiger partial charge < -0.3 is 10.2 Å². The fraction of sp³-hybridized carbons (Fsp3) is 0.412. The Hall–Kier alpha value is -2.39. The van der Waals surface area contributed by atoms with Crippen molar-refractivity contribution in [2.75, 3.05) is 18.4 Å². The van der Waals surface area contributed by atoms with Crippen molar-refractivity contribution in [3.8, 4) is 0 Å². The molecule has 2 aromatic rings. The second-order valence-corrected chi connectivity index (χ2v) is 8.43. The molecule has 4 rings (SSSR count). The van der Waals surface area contributed by atoms with E-state index in [9.17, 15) is 13.2 Å². The number of anilines is 1. The van der Waals surface area contributed by atoms with E-state index in [0.717, 1.165) is 12.8 Å². The van der Waals surface area contributed by atoms with Gasteiger partial charge in [-0.15, -0.1) is 0 Å². The number of fused-ring (bicyclic) bond motifs is 1. The van der Waals surface area contributed by atoms with Gasteiger partial charge in [0.25, 0.3) is 5.91 Å². The molecule has 2 N–H and O–H groups in total. The van der Waals surface area contributed by atoms with Crippen molar-refractivity contribution in [3.05, 3.63) is 42.2 Å². The summed E-state index contributed by atoms with van der Waals surface area (Å²) in [6.45, 7) is 1.17. The topological polar surface area (TPSA) is 96.3 Å². The van der Waals surface area contributed by atoms with E-state index in [1.54, 1.807) is 47.1 Å². The summed E-state index contributed by atoms with van der Waals surface area (Å²) in [5.41, 5.74) is 1.07. The Balaban J connectivity index is 1.43. The van der Waals surface area contributed by atoms with Crippen LogP contribution in [0.4, 0.5) is 5.69 Å². The Bertz CT molecular complexity index is 931. The molecule has 9 heteroatoms. The smallest absolute Gasteiger partial charge is 0.274 e. The molecule has 3 heterocycles. The van der Waals surface area contributed by atoms with E-state index in [0.29, 0.717) is 24.5 Å². The van der Waals surface area contributed by atoms with Gasteiger partial charge in [0.15, 0.2) is 0 Å². The van der Waals surface area contributed by atoms with Gasteiger partial charge in [-0.3, -0.25) is 9.48 Å². The van der Waals surface area contributed by atoms with E-state index in [4.69, 9.17) is 0 Å². The lowest BCUT2D eigenvalue weighted by molar-refractivity contribution is 0.0672. The lowest BCUT2D eigenvalue weighted by Crippen LogP contribution is -2.52. The minimum atomic E-state index is -3.52. The third-order valence-electron chi connectivity index (χ3n) is 5.00. The van der Waals surface area contributed by atoms with Gasteiger partial charge >= 0.3 is 0 Å². The number of hydrogen-bond acceptors (Lipinski definition) is 5. The van der Waals surface area contributed by atoms with Gasteiger partial charge in [0.1, 0.15) is 10.6 Å². The molecule has 1 atom stereocenters. The molecule has 8 nitrogen and oxygen atoms in total. The molecule has 0 bridgehead atoms. The molecule has 26 heavy (non-hydrogen) atoms. The number of nitrogens with one attached hydrogen (secondary N) is 2. The number of carbonyl (C=O) groups excluding carboxylic acids is 1. The minimum absolute atomic E-state index is 0.0772. The summed E-state index contributed by atoms with van der Waals surface area (Å²) in [7, 11) is -1.74. The van der Waals surface area contributed by atoms with Crippen LogP contribution in [0, 0.1) is 5.92 Å². The van der Waals surface area contributed by atoms with Gasteiger partial charge in [0.2, 0.25) is 10.0 Å². The summed E-state index contributed by atoms with van der Waals surface area (Å²) in [5.74, 6) is 0.0393. The van der Waals surface area contributed by atoms with Crippen LogP contribution in [0.25, 0.3) is 0 Å². The fourth-order valence-corrected chi connectivity index (χ4v) is 4.98. The van der Waals surface area contributed by atoms with Gasteiger partial charge in [-0.05, 0) is 37.0 Å². The maximum atomic E-state index is 12.5. The number of likely N-dealkylation sites (tertiary alicyclic amines) is 1. The average molecular weight is 375 g/mol. The SMILES string of the molecule is Cn1ccc(C(=O)N2CCC([C@H]3Nc4ccccc4S(=O)(=O)N3)CC2)n1. The van der Waals surface area contributed by atoms with Gasteiger partial charge in [-0.1, -0.05) is 12.1 Å². The van der Waals surface area contributed by atoms with Crippen LogP contribution < -0.4 is 10.0 Å². The van der Waals surface area contributed by atoms with Crippen LogP contribution >= 0.6 is 0 Å². The van der Waals surface area contributed by atoms with E-state index < -0.39 is 10.0 Å². The first-order valence-corrected chi connectivity index (χ1v) is 10.1. The summed E-state index contributed by atoms with van der Waals surface area (Å²) in [5, 5.41) is 7.45. The molecule has 1 saturated heterocycles. The van der Waals surface area contributed by atoms with E-state index in [1.807, 2.05) is 6.07 Å². The van der Waals surface area contributed by atoms with Crippen molar-refractivity contribution in [2.45, 2.75) is 23.9 Å². The van der Waals surface area contributed by atoms with Crippen molar-refractivity contribution >= 4 is 21.6 Å². The molecule has 1 amide bonds. The Morgan fingerprint density at radius 2 is 1.92 bits per heavy atom. The average Bonchev–Trinajstić information content (AvgIpc) is 3.07. The summed E-state index contributed by atoms with van der Waals surface area (Å²) < 4.78 is 29.3. The van der Waals surface area contributed by atoms with E-state index in [-0.39, 0.29) is 22.9 Å². The first-order valence-electron chi connectivity index (χ1n) is 8.61. The number of benzene rings is 1. The maximum Gasteiger partial charge on any atom is 0.274 e. The molecule has 0 spiro atoms. The molecule has 1 fully saturated rings. The van der Waals surface area contributed by atoms with E-state index in [2.05, 4.69) is 15.1 Å². The predicted molar refractivity (Wildman–Crippen MR) is 96.0 cm³/mol. The Kier molecular flexibility index (Phi) is 4.20. The van der Waals surface area contributed by atoms with E-state index >= 15 is 0 Å². The normalized spacial score (nSPS) is 22.5. The number of para-hydroxylation sites is 1. The number of carbonyl (C=O) groups is 1. The van der Waals surface area contributed by atoms with E-state index in [1.165, 1.54) is 0 Å². The Morgan fingerprint density at radius 1 is 1.19 bits per heavy atom. The third-order valence-corrected chi connectivity index (χ3v) is 6.50. The van der Waals surface area contributed by atoms with Crippen molar-refractivity contribution in [2.24, 2.45) is 13.0 Å². The quantitative estimate of drug-likeness (QED) is 0.816. The molecular weight excluding hydrogens is 354 g/mol. The van der Waals surface area contributed by atoms with Crippen molar-refractivity contribution in [3.63, 3.8) is 0 Å². The zero-order valence-electron chi connectivity index (χ0n) is 14.4. The number of aromatic nitrogens is 2. The number of hydrogen-bond donors (Lipinski definition) is 2. The van der Waals surface area contributed by atoms with Crippen molar-refractivity contribution < 1.29 is 13.2 Å². The standard InChI is InChI=1S/C17H21N5O3S/c1-21-9-8-14(19-21)17(23)22-10-6-12(7-11-22)16-18-13-4-2-3-5-15(13)26(24,25)20-16/h2-5,8-9,12,16,18,20H,6-7,10-11H2,1H3/t16-/m0/s1. The van der Waals surface area contributed by atoms with Crippen LogP contribution in [0.3, 0.4) is 0 Å². The van der Waals surface area contributed by atoms with Gasteiger partial charge in [0.05, 0.1) is 11.9 Å². The molecule has 1 aromatic heterocycles. The number of amides is 1. The highest BCUT2D eigenvalue weighted by Crippen LogP contribution is 2.30. The molecule has 2 aliphatic rings. The predicted octanol–water partition coefficient (Wildman–Crippen LogP) is 1.00. The largest absolute Gasteiger partial charge is 0.368 e. The van der Waals surface area contributed by atoms with Crippen LogP contribution in [0.2, 0.25) is 0 Å². The fourth-order valence-electron chi connectivity index (χ4n) is 3.59. The molecule has 0 unspecified atom stereocenters. The summed E-state index contributed by atoms with van der Waals surface area (Å²) in [6.07, 6.45) is 2.84. The lowest BCUT2D eigenvalue weighted by atomic mass is 9.93. The van der Waals surface area contributed by atoms with Crippen LogP contribution in [0.15, 0.2) is 41.4 Å². The second-order valence-electron chi connectivity index (χ2n) is 6.74. The number of aryl methyl sites for hydroxylation is 1. The Labute approximate surface area is 152 Å². The monoisotopic (exact) mass is 375 g/mol. The van der Waals surface area contributed by atoms with Crippen LogP contribution in [-0.2, 0) is 17.1 Å². The first kappa shape index (κ1) is 17.0. The van der Waals surface area contributed by atoms with Crippen molar-refractivity contribution in [1.29, 1.82) is 0 Å². The zero-order chi connectivity index (χ0) is 18.3. The van der Waals surface area contributed by atoms with Crippen LogP contribution in [-0.4, -0.2) is 48.3 Å². The highest BCUT2D eigenvalue weighted by molar-refractivity contribution is 7.89. The zero-order valence-corrected chi connectivity index (χ0v) is 15.2. The summed E-state index contributed by atoms with van der Waals surface area (Å²) in [4.78, 5) is 14.5. The number of nitrogens with zero attached hydrogens (tertiary/aromatic N) is 3. The molecule has 0 radical (unpaired) electrons. The second kappa shape index (κ2) is 6.40. The highest BCUT2D eigenvalue weighted by atomic mass is 32.2. The Morgan fingerprint density at radius 3 is 2.62 bits per heavy atom. The summed E-state index contributed by atoms with van der Waals surface area (Å²) >= 11 is 0. The first-order chi connectivity index (χ1) is 12.4.